The molecule has 0 aromatic heterocycles. The van der Waals surface area contributed by atoms with Crippen molar-refractivity contribution in [2.24, 2.45) is 0 Å². The minimum atomic E-state index is 0.376. The molecular weight excluding hydrogens is 178 g/mol. The first-order valence-corrected chi connectivity index (χ1v) is 5.05. The highest BCUT2D eigenvalue weighted by Crippen LogP contribution is 2.35. The fraction of sp³-hybridized carbons (Fsp3) is 0.455. The van der Waals surface area contributed by atoms with E-state index in [0.29, 0.717) is 6.79 Å². The molecule has 1 unspecified atom stereocenters. The molecule has 3 heteroatoms. The molecule has 2 aliphatic rings. The molecule has 0 saturated carbocycles. The highest BCUT2D eigenvalue weighted by molar-refractivity contribution is 5.48. The summed E-state index contributed by atoms with van der Waals surface area (Å²) in [5, 5.41) is 0. The summed E-state index contributed by atoms with van der Waals surface area (Å²) >= 11 is 0. The zero-order chi connectivity index (χ0) is 9.54. The van der Waals surface area contributed by atoms with Crippen LogP contribution in [0.3, 0.4) is 0 Å². The molecule has 0 aliphatic carbocycles. The van der Waals surface area contributed by atoms with Crippen LogP contribution in [-0.4, -0.2) is 20.4 Å². The Balaban J connectivity index is 2.06. The summed E-state index contributed by atoms with van der Waals surface area (Å²) in [7, 11) is 2.23. The second-order valence-corrected chi connectivity index (χ2v) is 4.11. The van der Waals surface area contributed by atoms with Crippen LogP contribution >= 0.6 is 0 Å². The molecule has 14 heavy (non-hydrogen) atoms. The molecule has 3 rings (SSSR count). The van der Waals surface area contributed by atoms with Crippen LogP contribution in [0.25, 0.3) is 0 Å². The molecule has 0 bridgehead atoms. The van der Waals surface area contributed by atoms with Crippen LogP contribution in [0.5, 0.6) is 11.5 Å². The van der Waals surface area contributed by atoms with Gasteiger partial charge in [-0.3, -0.25) is 0 Å². The number of fused-ring (bicyclic) bond motifs is 2. The van der Waals surface area contributed by atoms with Gasteiger partial charge in [-0.05, 0) is 17.7 Å². The van der Waals surface area contributed by atoms with Gasteiger partial charge in [0.1, 0.15) is 6.54 Å². The molecule has 1 atom stereocenters. The molecule has 1 aromatic rings. The van der Waals surface area contributed by atoms with Crippen LogP contribution < -0.4 is 14.4 Å². The molecule has 2 heterocycles. The first-order valence-electron chi connectivity index (χ1n) is 5.05. The lowest BCUT2D eigenvalue weighted by molar-refractivity contribution is -0.895. The maximum atomic E-state index is 5.37. The SMILES string of the molecule is C[NH+]1CCc2cc3c(cc2C1)OCO3. The maximum absolute atomic E-state index is 5.37. The van der Waals surface area contributed by atoms with Crippen molar-refractivity contribution in [3.05, 3.63) is 23.3 Å². The zero-order valence-corrected chi connectivity index (χ0v) is 8.30. The summed E-state index contributed by atoms with van der Waals surface area (Å²) in [5.41, 5.74) is 2.85. The van der Waals surface area contributed by atoms with Crippen LogP contribution in [0, 0.1) is 0 Å². The van der Waals surface area contributed by atoms with E-state index >= 15 is 0 Å². The third-order valence-corrected chi connectivity index (χ3v) is 3.01. The molecular formula is C11H14NO2+. The van der Waals surface area contributed by atoms with Gasteiger partial charge < -0.3 is 14.4 Å². The molecule has 0 spiro atoms. The van der Waals surface area contributed by atoms with Gasteiger partial charge in [-0.15, -0.1) is 0 Å². The fourth-order valence-corrected chi connectivity index (χ4v) is 2.19. The largest absolute Gasteiger partial charge is 0.454 e. The van der Waals surface area contributed by atoms with Crippen molar-refractivity contribution in [2.45, 2.75) is 13.0 Å². The van der Waals surface area contributed by atoms with Gasteiger partial charge in [0.05, 0.1) is 13.6 Å². The first kappa shape index (κ1) is 8.12. The van der Waals surface area contributed by atoms with E-state index in [1.54, 1.807) is 4.90 Å². The lowest BCUT2D eigenvalue weighted by Gasteiger charge is -2.22. The van der Waals surface area contributed by atoms with E-state index in [-0.39, 0.29) is 0 Å². The standard InChI is InChI=1S/C11H13NO2/c1-12-3-2-8-4-10-11(14-7-13-10)5-9(8)6-12/h4-5H,2-3,6-7H2,1H3/p+1. The predicted molar refractivity (Wildman–Crippen MR) is 51.7 cm³/mol. The average Bonchev–Trinajstić information content (AvgIpc) is 2.61. The maximum Gasteiger partial charge on any atom is 0.231 e. The van der Waals surface area contributed by atoms with Crippen molar-refractivity contribution in [3.8, 4) is 11.5 Å². The van der Waals surface area contributed by atoms with Crippen LogP contribution in [0.1, 0.15) is 11.1 Å². The lowest BCUT2D eigenvalue weighted by Crippen LogP contribution is -3.08. The quantitative estimate of drug-likeness (QED) is 0.624. The monoisotopic (exact) mass is 192 g/mol. The molecule has 0 radical (unpaired) electrons. The lowest BCUT2D eigenvalue weighted by atomic mass is 9.99. The Bertz CT molecular complexity index is 376. The summed E-state index contributed by atoms with van der Waals surface area (Å²) < 4.78 is 10.7. The van der Waals surface area contributed by atoms with E-state index < -0.39 is 0 Å². The molecule has 0 amide bonds. The smallest absolute Gasteiger partial charge is 0.231 e. The second kappa shape index (κ2) is 2.89. The highest BCUT2D eigenvalue weighted by atomic mass is 16.7. The van der Waals surface area contributed by atoms with Gasteiger partial charge in [-0.2, -0.15) is 0 Å². The number of benzene rings is 1. The van der Waals surface area contributed by atoms with E-state index in [1.165, 1.54) is 17.7 Å². The topological polar surface area (TPSA) is 22.9 Å². The molecule has 0 saturated heterocycles. The van der Waals surface area contributed by atoms with Gasteiger partial charge in [-0.1, -0.05) is 0 Å². The number of likely N-dealkylation sites (N-methyl/N-ethyl adjacent to an activating group) is 1. The van der Waals surface area contributed by atoms with Gasteiger partial charge >= 0.3 is 0 Å². The molecule has 0 fully saturated rings. The third kappa shape index (κ3) is 1.16. The number of ether oxygens (including phenoxy) is 2. The Morgan fingerprint density at radius 1 is 1.14 bits per heavy atom. The number of hydrogen-bond acceptors (Lipinski definition) is 2. The van der Waals surface area contributed by atoms with E-state index in [4.69, 9.17) is 9.47 Å². The van der Waals surface area contributed by atoms with Crippen LogP contribution in [0.2, 0.25) is 0 Å². The predicted octanol–water partition coefficient (Wildman–Crippen LogP) is -0.0139. The second-order valence-electron chi connectivity index (χ2n) is 4.11. The van der Waals surface area contributed by atoms with E-state index in [1.807, 2.05) is 0 Å². The number of nitrogens with one attached hydrogen (secondary N) is 1. The zero-order valence-electron chi connectivity index (χ0n) is 8.30. The Kier molecular flexibility index (Phi) is 1.67. The van der Waals surface area contributed by atoms with Crippen LogP contribution in [0.4, 0.5) is 0 Å². The van der Waals surface area contributed by atoms with Gasteiger partial charge in [0.25, 0.3) is 0 Å². The Morgan fingerprint density at radius 2 is 1.86 bits per heavy atom. The average molecular weight is 192 g/mol. The van der Waals surface area contributed by atoms with E-state index in [9.17, 15) is 0 Å². The van der Waals surface area contributed by atoms with Gasteiger partial charge in [0.15, 0.2) is 11.5 Å². The fourth-order valence-electron chi connectivity index (χ4n) is 2.19. The van der Waals surface area contributed by atoms with Crippen LogP contribution in [0.15, 0.2) is 12.1 Å². The number of hydrogen-bond donors (Lipinski definition) is 1. The Labute approximate surface area is 83.2 Å². The first-order chi connectivity index (χ1) is 6.83. The van der Waals surface area contributed by atoms with Crippen molar-refractivity contribution in [1.82, 2.24) is 0 Å². The summed E-state index contributed by atoms with van der Waals surface area (Å²) in [6, 6.07) is 4.28. The third-order valence-electron chi connectivity index (χ3n) is 3.01. The minimum Gasteiger partial charge on any atom is -0.454 e. The van der Waals surface area contributed by atoms with Gasteiger partial charge in [-0.25, -0.2) is 0 Å². The van der Waals surface area contributed by atoms with Gasteiger partial charge in [0, 0.05) is 12.0 Å². The normalized spacial score (nSPS) is 23.4. The van der Waals surface area contributed by atoms with Crippen molar-refractivity contribution in [3.63, 3.8) is 0 Å². The van der Waals surface area contributed by atoms with E-state index in [2.05, 4.69) is 19.2 Å². The molecule has 1 aromatic carbocycles. The highest BCUT2D eigenvalue weighted by Gasteiger charge is 2.22. The molecule has 3 nitrogen and oxygen atoms in total. The summed E-state index contributed by atoms with van der Waals surface area (Å²) in [6.45, 7) is 2.69. The Hall–Kier alpha value is -1.22. The number of rotatable bonds is 0. The van der Waals surface area contributed by atoms with Crippen LogP contribution in [-0.2, 0) is 13.0 Å². The summed E-state index contributed by atoms with van der Waals surface area (Å²) in [6.07, 6.45) is 1.15. The summed E-state index contributed by atoms with van der Waals surface area (Å²) in [4.78, 5) is 1.57. The number of quaternary nitrogens is 1. The molecule has 1 N–H and O–H groups in total. The summed E-state index contributed by atoms with van der Waals surface area (Å²) in [5.74, 6) is 1.83. The van der Waals surface area contributed by atoms with Crippen molar-refractivity contribution in [2.75, 3.05) is 20.4 Å². The molecule has 74 valence electrons. The van der Waals surface area contributed by atoms with E-state index in [0.717, 1.165) is 24.5 Å². The Morgan fingerprint density at radius 3 is 2.64 bits per heavy atom. The van der Waals surface area contributed by atoms with Gasteiger partial charge in [0.2, 0.25) is 6.79 Å². The van der Waals surface area contributed by atoms with Crippen molar-refractivity contribution < 1.29 is 14.4 Å². The van der Waals surface area contributed by atoms with Crippen molar-refractivity contribution >= 4 is 0 Å². The minimum absolute atomic E-state index is 0.376. The van der Waals surface area contributed by atoms with Crippen molar-refractivity contribution in [1.29, 1.82) is 0 Å². The molecule has 2 aliphatic heterocycles.